The molecular formula is C17H22ClN3O2. The van der Waals surface area contributed by atoms with E-state index in [0.717, 1.165) is 37.5 Å². The van der Waals surface area contributed by atoms with Crippen LogP contribution in [-0.4, -0.2) is 41.9 Å². The fraction of sp³-hybridized carbons (Fsp3) is 0.529. The summed E-state index contributed by atoms with van der Waals surface area (Å²) in [6.45, 7) is 2.84. The Morgan fingerprint density at radius 3 is 2.52 bits per heavy atom. The topological polar surface area (TPSA) is 61.4 Å². The SMILES string of the molecule is O=C1CC[C@H](C(=O)NC2CCN(Cc3ccc(Cl)cc3)CC2)N1. The van der Waals surface area contributed by atoms with Crippen LogP contribution in [0.4, 0.5) is 0 Å². The zero-order valence-corrected chi connectivity index (χ0v) is 13.8. The number of carbonyl (C=O) groups is 2. The van der Waals surface area contributed by atoms with E-state index in [0.29, 0.717) is 12.8 Å². The van der Waals surface area contributed by atoms with Gasteiger partial charge in [0.25, 0.3) is 0 Å². The van der Waals surface area contributed by atoms with Gasteiger partial charge in [0, 0.05) is 37.1 Å². The summed E-state index contributed by atoms with van der Waals surface area (Å²) < 4.78 is 0. The van der Waals surface area contributed by atoms with Gasteiger partial charge in [0.2, 0.25) is 11.8 Å². The second-order valence-electron chi connectivity index (χ2n) is 6.34. The number of rotatable bonds is 4. The summed E-state index contributed by atoms with van der Waals surface area (Å²) in [5.74, 6) is -0.0602. The summed E-state index contributed by atoms with van der Waals surface area (Å²) in [5, 5.41) is 6.55. The second-order valence-corrected chi connectivity index (χ2v) is 6.78. The minimum atomic E-state index is -0.338. The summed E-state index contributed by atoms with van der Waals surface area (Å²) in [6.07, 6.45) is 2.96. The minimum absolute atomic E-state index is 0.0251. The molecule has 23 heavy (non-hydrogen) atoms. The number of hydrogen-bond donors (Lipinski definition) is 2. The summed E-state index contributed by atoms with van der Waals surface area (Å²) in [6, 6.07) is 7.81. The van der Waals surface area contributed by atoms with Crippen LogP contribution in [0.15, 0.2) is 24.3 Å². The maximum Gasteiger partial charge on any atom is 0.242 e. The normalized spacial score (nSPS) is 22.8. The Kier molecular flexibility index (Phi) is 5.18. The van der Waals surface area contributed by atoms with E-state index in [1.54, 1.807) is 0 Å². The number of benzene rings is 1. The van der Waals surface area contributed by atoms with E-state index < -0.39 is 0 Å². The zero-order chi connectivity index (χ0) is 16.2. The third-order valence-corrected chi connectivity index (χ3v) is 4.82. The predicted octanol–water partition coefficient (Wildman–Crippen LogP) is 1.70. The largest absolute Gasteiger partial charge is 0.351 e. The van der Waals surface area contributed by atoms with Gasteiger partial charge in [-0.3, -0.25) is 14.5 Å². The van der Waals surface area contributed by atoms with Gasteiger partial charge in [0.15, 0.2) is 0 Å². The third-order valence-electron chi connectivity index (χ3n) is 4.57. The smallest absolute Gasteiger partial charge is 0.242 e. The number of carbonyl (C=O) groups excluding carboxylic acids is 2. The monoisotopic (exact) mass is 335 g/mol. The van der Waals surface area contributed by atoms with Crippen LogP contribution in [0.2, 0.25) is 5.02 Å². The van der Waals surface area contributed by atoms with Gasteiger partial charge >= 0.3 is 0 Å². The molecule has 2 aliphatic heterocycles. The van der Waals surface area contributed by atoms with Gasteiger partial charge in [-0.15, -0.1) is 0 Å². The van der Waals surface area contributed by atoms with Crippen molar-refractivity contribution < 1.29 is 9.59 Å². The molecule has 2 N–H and O–H groups in total. The van der Waals surface area contributed by atoms with Gasteiger partial charge < -0.3 is 10.6 Å². The van der Waals surface area contributed by atoms with Gasteiger partial charge in [-0.2, -0.15) is 0 Å². The Bertz CT molecular complexity index is 568. The molecule has 0 unspecified atom stereocenters. The highest BCUT2D eigenvalue weighted by Crippen LogP contribution is 2.16. The molecule has 2 fully saturated rings. The molecule has 5 nitrogen and oxygen atoms in total. The molecule has 2 saturated heterocycles. The van der Waals surface area contributed by atoms with Gasteiger partial charge in [-0.25, -0.2) is 0 Å². The molecule has 1 aromatic carbocycles. The summed E-state index contributed by atoms with van der Waals surface area (Å²) in [4.78, 5) is 25.7. The first-order valence-corrected chi connectivity index (χ1v) is 8.54. The average molecular weight is 336 g/mol. The van der Waals surface area contributed by atoms with E-state index in [1.165, 1.54) is 5.56 Å². The standard InChI is InChI=1S/C17H22ClN3O2/c18-13-3-1-12(2-4-13)11-21-9-7-14(8-10-21)19-17(23)15-5-6-16(22)20-15/h1-4,14-15H,5-11H2,(H,19,23)(H,20,22)/t15-/m1/s1. The molecule has 2 amide bonds. The van der Waals surface area contributed by atoms with Gasteiger partial charge in [0.1, 0.15) is 6.04 Å². The van der Waals surface area contributed by atoms with Crippen LogP contribution in [0.5, 0.6) is 0 Å². The van der Waals surface area contributed by atoms with Crippen molar-refractivity contribution in [1.82, 2.24) is 15.5 Å². The van der Waals surface area contributed by atoms with Crippen LogP contribution < -0.4 is 10.6 Å². The van der Waals surface area contributed by atoms with Crippen LogP contribution in [0.3, 0.4) is 0 Å². The fourth-order valence-corrected chi connectivity index (χ4v) is 3.32. The Hall–Kier alpha value is -1.59. The lowest BCUT2D eigenvalue weighted by Gasteiger charge is -2.32. The average Bonchev–Trinajstić information content (AvgIpc) is 2.98. The molecular weight excluding hydrogens is 314 g/mol. The first-order valence-electron chi connectivity index (χ1n) is 8.17. The molecule has 6 heteroatoms. The minimum Gasteiger partial charge on any atom is -0.351 e. The van der Waals surface area contributed by atoms with Crippen LogP contribution in [-0.2, 0) is 16.1 Å². The van der Waals surface area contributed by atoms with E-state index in [9.17, 15) is 9.59 Å². The summed E-state index contributed by atoms with van der Waals surface area (Å²) in [7, 11) is 0. The lowest BCUT2D eigenvalue weighted by Crippen LogP contribution is -2.49. The van der Waals surface area contributed by atoms with Crippen molar-refractivity contribution in [1.29, 1.82) is 0 Å². The van der Waals surface area contributed by atoms with Crippen molar-refractivity contribution >= 4 is 23.4 Å². The van der Waals surface area contributed by atoms with Gasteiger partial charge in [-0.05, 0) is 37.0 Å². The summed E-state index contributed by atoms with van der Waals surface area (Å²) >= 11 is 5.90. The Morgan fingerprint density at radius 1 is 1.22 bits per heavy atom. The number of hydrogen-bond acceptors (Lipinski definition) is 3. The molecule has 1 aromatic rings. The number of halogens is 1. The fourth-order valence-electron chi connectivity index (χ4n) is 3.20. The molecule has 0 radical (unpaired) electrons. The molecule has 2 aliphatic rings. The lowest BCUT2D eigenvalue weighted by molar-refractivity contribution is -0.126. The molecule has 0 bridgehead atoms. The Morgan fingerprint density at radius 2 is 1.91 bits per heavy atom. The van der Waals surface area contributed by atoms with Gasteiger partial charge in [0.05, 0.1) is 0 Å². The number of likely N-dealkylation sites (tertiary alicyclic amines) is 1. The maximum absolute atomic E-state index is 12.1. The molecule has 0 saturated carbocycles. The van der Waals surface area contributed by atoms with E-state index in [4.69, 9.17) is 11.6 Å². The van der Waals surface area contributed by atoms with Crippen molar-refractivity contribution in [3.63, 3.8) is 0 Å². The number of piperidine rings is 1. The highest BCUT2D eigenvalue weighted by Gasteiger charge is 2.29. The molecule has 1 atom stereocenters. The highest BCUT2D eigenvalue weighted by atomic mass is 35.5. The van der Waals surface area contributed by atoms with Crippen molar-refractivity contribution in [3.8, 4) is 0 Å². The Labute approximate surface area is 141 Å². The first kappa shape index (κ1) is 16.3. The maximum atomic E-state index is 12.1. The molecule has 3 rings (SSSR count). The molecule has 2 heterocycles. The Balaban J connectivity index is 1.42. The van der Waals surface area contributed by atoms with Crippen molar-refractivity contribution in [2.75, 3.05) is 13.1 Å². The first-order chi connectivity index (χ1) is 11.1. The van der Waals surface area contributed by atoms with E-state index in [2.05, 4.69) is 27.7 Å². The summed E-state index contributed by atoms with van der Waals surface area (Å²) in [5.41, 5.74) is 1.26. The highest BCUT2D eigenvalue weighted by molar-refractivity contribution is 6.30. The van der Waals surface area contributed by atoms with Crippen molar-refractivity contribution in [2.45, 2.75) is 44.3 Å². The molecule has 0 spiro atoms. The second kappa shape index (κ2) is 7.32. The van der Waals surface area contributed by atoms with Crippen molar-refractivity contribution in [2.24, 2.45) is 0 Å². The third kappa shape index (κ3) is 4.45. The van der Waals surface area contributed by atoms with Crippen molar-refractivity contribution in [3.05, 3.63) is 34.9 Å². The quantitative estimate of drug-likeness (QED) is 0.880. The van der Waals surface area contributed by atoms with Crippen LogP contribution in [0.25, 0.3) is 0 Å². The lowest BCUT2D eigenvalue weighted by atomic mass is 10.0. The zero-order valence-electron chi connectivity index (χ0n) is 13.1. The van der Waals surface area contributed by atoms with Crippen LogP contribution >= 0.6 is 11.6 Å². The number of nitrogens with one attached hydrogen (secondary N) is 2. The van der Waals surface area contributed by atoms with E-state index >= 15 is 0 Å². The molecule has 0 aliphatic carbocycles. The van der Waals surface area contributed by atoms with E-state index in [-0.39, 0.29) is 23.9 Å². The molecule has 0 aromatic heterocycles. The molecule has 124 valence electrons. The number of amides is 2. The van der Waals surface area contributed by atoms with Crippen LogP contribution in [0.1, 0.15) is 31.2 Å². The number of nitrogens with zero attached hydrogens (tertiary/aromatic N) is 1. The van der Waals surface area contributed by atoms with Crippen LogP contribution in [0, 0.1) is 0 Å². The van der Waals surface area contributed by atoms with Gasteiger partial charge in [-0.1, -0.05) is 23.7 Å². The van der Waals surface area contributed by atoms with E-state index in [1.807, 2.05) is 12.1 Å². The predicted molar refractivity (Wildman–Crippen MR) is 89.1 cm³/mol.